The van der Waals surface area contributed by atoms with Crippen LogP contribution in [-0.2, 0) is 17.8 Å². The normalized spacial score (nSPS) is 14.0. The maximum atomic E-state index is 13.1. The van der Waals surface area contributed by atoms with Gasteiger partial charge < -0.3 is 14.2 Å². The van der Waals surface area contributed by atoms with Crippen LogP contribution in [-0.4, -0.2) is 39.6 Å². The molecule has 0 saturated carbocycles. The van der Waals surface area contributed by atoms with E-state index in [1.165, 1.54) is 17.3 Å². The van der Waals surface area contributed by atoms with Gasteiger partial charge in [-0.05, 0) is 56.2 Å². The highest BCUT2D eigenvalue weighted by molar-refractivity contribution is 8.00. The van der Waals surface area contributed by atoms with Gasteiger partial charge in [-0.15, -0.1) is 10.2 Å². The number of amides is 1. The van der Waals surface area contributed by atoms with Crippen LogP contribution in [0, 0.1) is 0 Å². The lowest BCUT2D eigenvalue weighted by Crippen LogP contribution is -2.35. The van der Waals surface area contributed by atoms with Gasteiger partial charge in [0.15, 0.2) is 11.0 Å². The maximum absolute atomic E-state index is 13.1. The predicted octanol–water partition coefficient (Wildman–Crippen LogP) is 4.04. The van der Waals surface area contributed by atoms with Crippen LogP contribution in [0.4, 0.5) is 5.69 Å². The smallest absolute Gasteiger partial charge is 0.240 e. The molecule has 29 heavy (non-hydrogen) atoms. The molecule has 2 heterocycles. The summed E-state index contributed by atoms with van der Waals surface area (Å²) in [6, 6.07) is 15.9. The van der Waals surface area contributed by atoms with Crippen molar-refractivity contribution in [3.05, 3.63) is 54.1 Å². The van der Waals surface area contributed by atoms with Crippen molar-refractivity contribution in [3.8, 4) is 17.1 Å². The molecule has 0 saturated heterocycles. The summed E-state index contributed by atoms with van der Waals surface area (Å²) in [6.45, 7) is 5.46. The van der Waals surface area contributed by atoms with Gasteiger partial charge in [0, 0.05) is 24.3 Å². The molecular weight excluding hydrogens is 384 g/mol. The van der Waals surface area contributed by atoms with Crippen LogP contribution < -0.4 is 9.64 Å². The molecule has 150 valence electrons. The van der Waals surface area contributed by atoms with Gasteiger partial charge in [-0.1, -0.05) is 30.0 Å². The highest BCUT2D eigenvalue weighted by Gasteiger charge is 2.29. The molecule has 0 N–H and O–H groups in total. The fraction of sp³-hybridized carbons (Fsp3) is 0.318. The number of benzene rings is 2. The number of rotatable bonds is 6. The number of hydrogen-bond donors (Lipinski definition) is 0. The van der Waals surface area contributed by atoms with Crippen LogP contribution >= 0.6 is 11.8 Å². The minimum absolute atomic E-state index is 0.108. The molecule has 3 aromatic rings. The first-order valence-corrected chi connectivity index (χ1v) is 10.6. The van der Waals surface area contributed by atoms with E-state index in [9.17, 15) is 4.79 Å². The van der Waals surface area contributed by atoms with Crippen molar-refractivity contribution < 1.29 is 9.53 Å². The number of carbonyl (C=O) groups is 1. The molecule has 1 aliphatic rings. The minimum Gasteiger partial charge on any atom is -0.497 e. The van der Waals surface area contributed by atoms with Gasteiger partial charge in [0.1, 0.15) is 5.75 Å². The molecule has 0 bridgehead atoms. The number of anilines is 1. The van der Waals surface area contributed by atoms with E-state index in [4.69, 9.17) is 4.74 Å². The summed E-state index contributed by atoms with van der Waals surface area (Å²) in [5.74, 6) is 1.71. The van der Waals surface area contributed by atoms with Crippen LogP contribution in [0.2, 0.25) is 0 Å². The van der Waals surface area contributed by atoms with E-state index in [1.54, 1.807) is 7.11 Å². The number of methoxy groups -OCH3 is 1. The first-order valence-electron chi connectivity index (χ1n) is 9.76. The van der Waals surface area contributed by atoms with E-state index >= 15 is 0 Å². The third kappa shape index (κ3) is 3.74. The molecule has 4 rings (SSSR count). The fourth-order valence-corrected chi connectivity index (χ4v) is 4.58. The van der Waals surface area contributed by atoms with Gasteiger partial charge in [-0.25, -0.2) is 0 Å². The number of fused-ring (bicyclic) bond motifs is 1. The van der Waals surface area contributed by atoms with E-state index in [2.05, 4.69) is 23.2 Å². The Kier molecular flexibility index (Phi) is 5.58. The molecule has 7 heteroatoms. The zero-order valence-corrected chi connectivity index (χ0v) is 17.6. The summed E-state index contributed by atoms with van der Waals surface area (Å²) in [4.78, 5) is 15.0. The Morgan fingerprint density at radius 2 is 1.93 bits per heavy atom. The van der Waals surface area contributed by atoms with Crippen molar-refractivity contribution >= 4 is 23.4 Å². The van der Waals surface area contributed by atoms with E-state index in [0.717, 1.165) is 47.5 Å². The van der Waals surface area contributed by atoms with Crippen LogP contribution in [0.5, 0.6) is 5.75 Å². The van der Waals surface area contributed by atoms with Crippen molar-refractivity contribution in [1.82, 2.24) is 14.8 Å². The van der Waals surface area contributed by atoms with Crippen LogP contribution in [0.3, 0.4) is 0 Å². The van der Waals surface area contributed by atoms with E-state index in [-0.39, 0.29) is 11.2 Å². The summed E-state index contributed by atoms with van der Waals surface area (Å²) < 4.78 is 7.28. The molecule has 0 radical (unpaired) electrons. The van der Waals surface area contributed by atoms with E-state index in [1.807, 2.05) is 58.9 Å². The largest absolute Gasteiger partial charge is 0.497 e. The number of nitrogens with zero attached hydrogens (tertiary/aromatic N) is 4. The zero-order chi connectivity index (χ0) is 20.4. The highest BCUT2D eigenvalue weighted by atomic mass is 32.2. The fourth-order valence-electron chi connectivity index (χ4n) is 3.61. The summed E-state index contributed by atoms with van der Waals surface area (Å²) in [5.41, 5.74) is 3.23. The van der Waals surface area contributed by atoms with Crippen molar-refractivity contribution in [1.29, 1.82) is 0 Å². The van der Waals surface area contributed by atoms with Gasteiger partial charge in [0.05, 0.1) is 12.4 Å². The second kappa shape index (κ2) is 8.29. The molecule has 0 spiro atoms. The molecule has 0 fully saturated rings. The van der Waals surface area contributed by atoms with Gasteiger partial charge in [0.2, 0.25) is 5.91 Å². The molecule has 1 amide bonds. The second-order valence-corrected chi connectivity index (χ2v) is 8.22. The quantitative estimate of drug-likeness (QED) is 0.576. The number of hydrogen-bond acceptors (Lipinski definition) is 5. The Balaban J connectivity index is 1.53. The first kappa shape index (κ1) is 19.5. The molecule has 1 aliphatic heterocycles. The van der Waals surface area contributed by atoms with Crippen LogP contribution in [0.1, 0.15) is 19.4 Å². The average molecular weight is 409 g/mol. The summed E-state index contributed by atoms with van der Waals surface area (Å²) in [7, 11) is 1.65. The van der Waals surface area contributed by atoms with Gasteiger partial charge in [-0.2, -0.15) is 0 Å². The van der Waals surface area contributed by atoms with Gasteiger partial charge >= 0.3 is 0 Å². The molecule has 0 unspecified atom stereocenters. The van der Waals surface area contributed by atoms with Crippen molar-refractivity contribution in [2.24, 2.45) is 0 Å². The third-order valence-electron chi connectivity index (χ3n) is 5.16. The lowest BCUT2D eigenvalue weighted by molar-refractivity contribution is -0.117. The summed E-state index contributed by atoms with van der Waals surface area (Å²) >= 11 is 1.46. The van der Waals surface area contributed by atoms with Crippen LogP contribution in [0.25, 0.3) is 11.4 Å². The number of para-hydroxylation sites is 1. The van der Waals surface area contributed by atoms with Crippen molar-refractivity contribution in [3.63, 3.8) is 0 Å². The zero-order valence-electron chi connectivity index (χ0n) is 16.8. The lowest BCUT2D eigenvalue weighted by atomic mass is 10.2. The standard InChI is InChI=1S/C22H24N4O2S/c1-4-25-20(17-9-11-18(28-3)12-10-17)23-24-22(25)29-15(2)21(27)26-14-13-16-7-5-6-8-19(16)26/h5-12,15H,4,13-14H2,1-3H3/t15-/m1/s1. The van der Waals surface area contributed by atoms with E-state index < -0.39 is 0 Å². The third-order valence-corrected chi connectivity index (χ3v) is 6.23. The molecule has 6 nitrogen and oxygen atoms in total. The minimum atomic E-state index is -0.251. The van der Waals surface area contributed by atoms with Crippen LogP contribution in [0.15, 0.2) is 53.7 Å². The SMILES string of the molecule is CCn1c(S[C@H](C)C(=O)N2CCc3ccccc32)nnc1-c1ccc(OC)cc1. The molecule has 2 aromatic carbocycles. The molecule has 0 aliphatic carbocycles. The van der Waals surface area contributed by atoms with E-state index in [0.29, 0.717) is 0 Å². The topological polar surface area (TPSA) is 60.2 Å². The number of carbonyl (C=O) groups excluding carboxylic acids is 1. The Morgan fingerprint density at radius 3 is 2.66 bits per heavy atom. The van der Waals surface area contributed by atoms with Gasteiger partial charge in [0.25, 0.3) is 0 Å². The average Bonchev–Trinajstić information content (AvgIpc) is 3.37. The number of ether oxygens (including phenoxy) is 1. The Labute approximate surface area is 174 Å². The number of aromatic nitrogens is 3. The second-order valence-electron chi connectivity index (χ2n) is 6.91. The monoisotopic (exact) mass is 408 g/mol. The Morgan fingerprint density at radius 1 is 1.17 bits per heavy atom. The van der Waals surface area contributed by atoms with Crippen molar-refractivity contribution in [2.45, 2.75) is 37.2 Å². The lowest BCUT2D eigenvalue weighted by Gasteiger charge is -2.21. The predicted molar refractivity (Wildman–Crippen MR) is 116 cm³/mol. The van der Waals surface area contributed by atoms with Gasteiger partial charge in [-0.3, -0.25) is 4.79 Å². The Hall–Kier alpha value is -2.80. The molecule has 1 aromatic heterocycles. The van der Waals surface area contributed by atoms with Crippen molar-refractivity contribution in [2.75, 3.05) is 18.6 Å². The highest BCUT2D eigenvalue weighted by Crippen LogP contribution is 2.32. The summed E-state index contributed by atoms with van der Waals surface area (Å²) in [5, 5.41) is 9.26. The maximum Gasteiger partial charge on any atom is 0.240 e. The molecule has 1 atom stereocenters. The number of thioether (sulfide) groups is 1. The summed E-state index contributed by atoms with van der Waals surface area (Å²) in [6.07, 6.45) is 0.909. The molecular formula is C22H24N4O2S. The Bertz CT molecular complexity index is 1020. The first-order chi connectivity index (χ1) is 14.1.